The van der Waals surface area contributed by atoms with Gasteiger partial charge in [0.1, 0.15) is 19.0 Å². The highest BCUT2D eigenvalue weighted by molar-refractivity contribution is 5.93. The first kappa shape index (κ1) is 33.9. The van der Waals surface area contributed by atoms with Gasteiger partial charge in [0.05, 0.1) is 24.5 Å². The number of anilines is 1. The van der Waals surface area contributed by atoms with Crippen LogP contribution in [0.25, 0.3) is 10.8 Å². The summed E-state index contributed by atoms with van der Waals surface area (Å²) in [5.41, 5.74) is 4.21. The maximum atomic E-state index is 13.2. The summed E-state index contributed by atoms with van der Waals surface area (Å²) in [6, 6.07) is 15.1. The van der Waals surface area contributed by atoms with Gasteiger partial charge < -0.3 is 24.1 Å². The molecule has 5 rings (SSSR count). The number of likely N-dealkylation sites (tertiary alicyclic amines) is 1. The van der Waals surface area contributed by atoms with Crippen LogP contribution in [-0.2, 0) is 39.1 Å². The van der Waals surface area contributed by atoms with E-state index in [1.807, 2.05) is 44.1 Å². The number of hydrogen-bond acceptors (Lipinski definition) is 9. The fraction of sp³-hybridized carbons (Fsp3) is 0.459. The molecule has 1 aliphatic heterocycles. The minimum Gasteiger partial charge on any atom is -0.490 e. The van der Waals surface area contributed by atoms with E-state index in [4.69, 9.17) is 14.2 Å². The normalized spacial score (nSPS) is 16.1. The second kappa shape index (κ2) is 16.4. The molecular formula is C37H47N5O5. The molecule has 10 nitrogen and oxygen atoms in total. The number of hydrogen-bond donors (Lipinski definition) is 1. The lowest BCUT2D eigenvalue weighted by atomic mass is 9.87. The molecule has 250 valence electrons. The quantitative estimate of drug-likeness (QED) is 0.121. The molecular weight excluding hydrogens is 594 g/mol. The molecule has 1 fully saturated rings. The van der Waals surface area contributed by atoms with Crippen LogP contribution in [0.5, 0.6) is 5.75 Å². The fourth-order valence-corrected chi connectivity index (χ4v) is 6.27. The Morgan fingerprint density at radius 2 is 1.98 bits per heavy atom. The van der Waals surface area contributed by atoms with Gasteiger partial charge >= 0.3 is 11.9 Å². The maximum Gasteiger partial charge on any atom is 0.309 e. The molecule has 10 heteroatoms. The second-order valence-electron chi connectivity index (χ2n) is 12.4. The average molecular weight is 642 g/mol. The number of nitrogens with zero attached hydrogens (tertiary/aromatic N) is 4. The fourth-order valence-electron chi connectivity index (χ4n) is 6.27. The van der Waals surface area contributed by atoms with Crippen LogP contribution in [0.2, 0.25) is 0 Å². The predicted octanol–water partition coefficient (Wildman–Crippen LogP) is 5.72. The number of aryl methyl sites for hydroxylation is 2. The second-order valence-corrected chi connectivity index (χ2v) is 12.4. The van der Waals surface area contributed by atoms with E-state index in [1.54, 1.807) is 13.3 Å². The van der Waals surface area contributed by atoms with Gasteiger partial charge in [0.15, 0.2) is 0 Å². The van der Waals surface area contributed by atoms with Crippen LogP contribution in [0.15, 0.2) is 67.4 Å². The van der Waals surface area contributed by atoms with Gasteiger partial charge in [0.2, 0.25) is 0 Å². The van der Waals surface area contributed by atoms with Crippen molar-refractivity contribution in [2.45, 2.75) is 59.0 Å². The molecule has 3 heterocycles. The van der Waals surface area contributed by atoms with Gasteiger partial charge in [-0.2, -0.15) is 0 Å². The Labute approximate surface area is 277 Å². The van der Waals surface area contributed by atoms with Crippen LogP contribution in [0.1, 0.15) is 49.9 Å². The van der Waals surface area contributed by atoms with Crippen molar-refractivity contribution in [2.75, 3.05) is 38.2 Å². The summed E-state index contributed by atoms with van der Waals surface area (Å²) in [6.45, 7) is 9.06. The Morgan fingerprint density at radius 3 is 2.77 bits per heavy atom. The molecule has 0 saturated carbocycles. The Kier molecular flexibility index (Phi) is 11.8. The molecule has 4 aromatic rings. The number of fused-ring (bicyclic) bond motifs is 1. The van der Waals surface area contributed by atoms with Gasteiger partial charge in [-0.3, -0.25) is 19.5 Å². The number of rotatable bonds is 16. The molecule has 1 saturated heterocycles. The van der Waals surface area contributed by atoms with Gasteiger partial charge in [0, 0.05) is 80.1 Å². The van der Waals surface area contributed by atoms with Gasteiger partial charge in [-0.25, -0.2) is 4.98 Å². The van der Waals surface area contributed by atoms with Crippen LogP contribution in [0.4, 0.5) is 5.69 Å². The molecule has 3 unspecified atom stereocenters. The van der Waals surface area contributed by atoms with Crippen molar-refractivity contribution < 1.29 is 23.8 Å². The minimum absolute atomic E-state index is 0.133. The van der Waals surface area contributed by atoms with Gasteiger partial charge in [-0.15, -0.1) is 0 Å². The number of esters is 2. The zero-order chi connectivity index (χ0) is 33.2. The van der Waals surface area contributed by atoms with E-state index in [9.17, 15) is 9.59 Å². The van der Waals surface area contributed by atoms with Crippen molar-refractivity contribution in [3.63, 3.8) is 0 Å². The van der Waals surface area contributed by atoms with Crippen LogP contribution < -0.4 is 10.1 Å². The number of nitrogens with one attached hydrogen (secondary N) is 1. The summed E-state index contributed by atoms with van der Waals surface area (Å²) >= 11 is 0. The maximum absolute atomic E-state index is 13.2. The first-order chi connectivity index (χ1) is 22.8. The summed E-state index contributed by atoms with van der Waals surface area (Å²) in [6.07, 6.45) is 9.83. The molecule has 0 radical (unpaired) electrons. The Morgan fingerprint density at radius 1 is 1.11 bits per heavy atom. The van der Waals surface area contributed by atoms with E-state index in [0.717, 1.165) is 54.1 Å². The van der Waals surface area contributed by atoms with E-state index in [-0.39, 0.29) is 44.1 Å². The molecule has 2 aromatic heterocycles. The van der Waals surface area contributed by atoms with Crippen molar-refractivity contribution >= 4 is 28.4 Å². The third-order valence-corrected chi connectivity index (χ3v) is 8.85. The standard InChI is InChI=1S/C37H47N5O5/c1-5-32(29(24-47-36(43)6-2)19-31-22-41(4)25-39-31)37(44)46-17-16-45-35-18-27(11-10-26(35)3)21-42-15-13-30(23-42)40-34-9-7-8-28-20-38-14-12-33(28)34/h7-12,14,18,20,22,25,29-30,32,40H,5-6,13,15-17,19,21,23-24H2,1-4H3. The minimum atomic E-state index is -0.428. The highest BCUT2D eigenvalue weighted by Crippen LogP contribution is 2.27. The Bertz CT molecular complexity index is 1630. The van der Waals surface area contributed by atoms with E-state index in [1.165, 1.54) is 10.9 Å². The van der Waals surface area contributed by atoms with E-state index < -0.39 is 5.92 Å². The molecule has 1 aliphatic rings. The highest BCUT2D eigenvalue weighted by Gasteiger charge is 2.30. The number of pyridine rings is 1. The predicted molar refractivity (Wildman–Crippen MR) is 182 cm³/mol. The smallest absolute Gasteiger partial charge is 0.309 e. The molecule has 0 amide bonds. The first-order valence-corrected chi connectivity index (χ1v) is 16.7. The number of carbonyl (C=O) groups is 2. The lowest BCUT2D eigenvalue weighted by Gasteiger charge is -2.24. The van der Waals surface area contributed by atoms with Gasteiger partial charge in [-0.1, -0.05) is 38.1 Å². The molecule has 0 spiro atoms. The summed E-state index contributed by atoms with van der Waals surface area (Å²) in [4.78, 5) is 36.2. The zero-order valence-corrected chi connectivity index (χ0v) is 28.0. The third kappa shape index (κ3) is 9.32. The van der Waals surface area contributed by atoms with Crippen LogP contribution in [0, 0.1) is 18.8 Å². The molecule has 3 atom stereocenters. The number of benzene rings is 2. The number of ether oxygens (including phenoxy) is 3. The van der Waals surface area contributed by atoms with Crippen molar-refractivity contribution in [3.8, 4) is 5.75 Å². The lowest BCUT2D eigenvalue weighted by Crippen LogP contribution is -2.32. The monoisotopic (exact) mass is 641 g/mol. The number of carbonyl (C=O) groups excluding carboxylic acids is 2. The Hall–Kier alpha value is -4.44. The zero-order valence-electron chi connectivity index (χ0n) is 28.0. The van der Waals surface area contributed by atoms with Crippen LogP contribution >= 0.6 is 0 Å². The van der Waals surface area contributed by atoms with Crippen molar-refractivity contribution in [1.29, 1.82) is 0 Å². The van der Waals surface area contributed by atoms with Crippen LogP contribution in [-0.4, -0.2) is 70.3 Å². The average Bonchev–Trinajstić information content (AvgIpc) is 3.71. The number of imidazole rings is 1. The SMILES string of the molecule is CCC(=O)OCC(Cc1cn(C)cn1)C(CC)C(=O)OCCOc1cc(CN2CCC(Nc3cccc4cnccc34)C2)ccc1C. The summed E-state index contributed by atoms with van der Waals surface area (Å²) < 4.78 is 19.1. The molecule has 1 N–H and O–H groups in total. The van der Waals surface area contributed by atoms with Crippen molar-refractivity contribution in [2.24, 2.45) is 18.9 Å². The highest BCUT2D eigenvalue weighted by atomic mass is 16.6. The Balaban J connectivity index is 1.11. The molecule has 0 aliphatic carbocycles. The van der Waals surface area contributed by atoms with Crippen molar-refractivity contribution in [1.82, 2.24) is 19.4 Å². The lowest BCUT2D eigenvalue weighted by molar-refractivity contribution is -0.155. The summed E-state index contributed by atoms with van der Waals surface area (Å²) in [7, 11) is 1.90. The summed E-state index contributed by atoms with van der Waals surface area (Å²) in [5, 5.41) is 6.08. The topological polar surface area (TPSA) is 108 Å². The molecule has 2 aromatic carbocycles. The molecule has 0 bridgehead atoms. The van der Waals surface area contributed by atoms with Gasteiger partial charge in [-0.05, 0) is 55.5 Å². The van der Waals surface area contributed by atoms with Crippen LogP contribution in [0.3, 0.4) is 0 Å². The number of aromatic nitrogens is 3. The van der Waals surface area contributed by atoms with Gasteiger partial charge in [0.25, 0.3) is 0 Å². The first-order valence-electron chi connectivity index (χ1n) is 16.7. The molecule has 47 heavy (non-hydrogen) atoms. The van der Waals surface area contributed by atoms with E-state index in [0.29, 0.717) is 18.9 Å². The van der Waals surface area contributed by atoms with E-state index in [2.05, 4.69) is 62.6 Å². The summed E-state index contributed by atoms with van der Waals surface area (Å²) in [5.74, 6) is -0.466. The van der Waals surface area contributed by atoms with E-state index >= 15 is 0 Å². The van der Waals surface area contributed by atoms with Crippen molar-refractivity contribution in [3.05, 3.63) is 84.2 Å². The largest absolute Gasteiger partial charge is 0.490 e. The third-order valence-electron chi connectivity index (χ3n) is 8.85.